The summed E-state index contributed by atoms with van der Waals surface area (Å²) in [5.74, 6) is 0.426. The van der Waals surface area contributed by atoms with E-state index in [0.29, 0.717) is 19.7 Å². The third-order valence-electron chi connectivity index (χ3n) is 4.85. The van der Waals surface area contributed by atoms with Crippen molar-refractivity contribution in [3.8, 4) is 5.75 Å². The topological polar surface area (TPSA) is 58.6 Å². The number of carbonyl (C=O) groups is 2. The summed E-state index contributed by atoms with van der Waals surface area (Å²) in [6, 6.07) is 15.6. The van der Waals surface area contributed by atoms with Crippen LogP contribution in [0, 0.1) is 5.92 Å². The minimum Gasteiger partial charge on any atom is -0.494 e. The van der Waals surface area contributed by atoms with E-state index >= 15 is 0 Å². The van der Waals surface area contributed by atoms with Crippen molar-refractivity contribution in [2.45, 2.75) is 33.2 Å². The minimum atomic E-state index is -0.314. The normalized spacial score (nSPS) is 16.4. The Morgan fingerprint density at radius 2 is 1.74 bits per heavy atom. The molecule has 2 amide bonds. The fourth-order valence-electron chi connectivity index (χ4n) is 3.25. The molecule has 0 saturated carbocycles. The highest BCUT2D eigenvalue weighted by molar-refractivity contribution is 6.00. The van der Waals surface area contributed by atoms with Crippen LogP contribution in [-0.4, -0.2) is 25.0 Å². The van der Waals surface area contributed by atoms with Gasteiger partial charge in [0.25, 0.3) is 0 Å². The molecule has 0 unspecified atom stereocenters. The number of benzene rings is 2. The summed E-state index contributed by atoms with van der Waals surface area (Å²) >= 11 is 0. The van der Waals surface area contributed by atoms with Crippen LogP contribution in [0.15, 0.2) is 48.5 Å². The molecule has 0 aromatic heterocycles. The second-order valence-corrected chi connectivity index (χ2v) is 6.72. The third-order valence-corrected chi connectivity index (χ3v) is 4.85. The zero-order chi connectivity index (χ0) is 19.2. The van der Waals surface area contributed by atoms with Crippen molar-refractivity contribution < 1.29 is 14.3 Å². The first kappa shape index (κ1) is 19.0. The summed E-state index contributed by atoms with van der Waals surface area (Å²) in [4.78, 5) is 26.6. The second-order valence-electron chi connectivity index (χ2n) is 6.72. The maximum atomic E-state index is 12.5. The van der Waals surface area contributed by atoms with Gasteiger partial charge in [-0.25, -0.2) is 0 Å². The van der Waals surface area contributed by atoms with Gasteiger partial charge in [-0.05, 0) is 48.7 Å². The van der Waals surface area contributed by atoms with E-state index in [2.05, 4.69) is 12.2 Å². The minimum absolute atomic E-state index is 0.000431. The molecule has 1 aliphatic heterocycles. The average molecular weight is 366 g/mol. The standard InChI is InChI=1S/C22H26N2O3/c1-3-16-5-9-19(10-6-16)24-15-18(13-21(24)25)22(26)23-14-17-7-11-20(12-8-17)27-4-2/h5-12,18H,3-4,13-15H2,1-2H3,(H,23,26)/t18-/m1/s1. The van der Waals surface area contributed by atoms with Gasteiger partial charge in [-0.3, -0.25) is 9.59 Å². The maximum Gasteiger partial charge on any atom is 0.227 e. The van der Waals surface area contributed by atoms with E-state index < -0.39 is 0 Å². The van der Waals surface area contributed by atoms with E-state index in [4.69, 9.17) is 4.74 Å². The van der Waals surface area contributed by atoms with Gasteiger partial charge in [0.1, 0.15) is 5.75 Å². The average Bonchev–Trinajstić information content (AvgIpc) is 3.09. The molecule has 1 atom stereocenters. The monoisotopic (exact) mass is 366 g/mol. The molecule has 142 valence electrons. The first-order valence-electron chi connectivity index (χ1n) is 9.49. The first-order valence-corrected chi connectivity index (χ1v) is 9.49. The number of nitrogens with zero attached hydrogens (tertiary/aromatic N) is 1. The number of nitrogens with one attached hydrogen (secondary N) is 1. The van der Waals surface area contributed by atoms with E-state index in [1.54, 1.807) is 4.90 Å². The Morgan fingerprint density at radius 3 is 2.37 bits per heavy atom. The van der Waals surface area contributed by atoms with Crippen molar-refractivity contribution in [3.05, 3.63) is 59.7 Å². The lowest BCUT2D eigenvalue weighted by molar-refractivity contribution is -0.126. The molecule has 2 aromatic carbocycles. The van der Waals surface area contributed by atoms with E-state index in [1.165, 1.54) is 5.56 Å². The molecule has 5 nitrogen and oxygen atoms in total. The number of ether oxygens (including phenoxy) is 1. The number of anilines is 1. The lowest BCUT2D eigenvalue weighted by atomic mass is 10.1. The predicted molar refractivity (Wildman–Crippen MR) is 106 cm³/mol. The summed E-state index contributed by atoms with van der Waals surface area (Å²) in [6.45, 7) is 5.54. The molecule has 0 spiro atoms. The number of aryl methyl sites for hydroxylation is 1. The summed E-state index contributed by atoms with van der Waals surface area (Å²) in [5.41, 5.74) is 3.09. The van der Waals surface area contributed by atoms with Crippen LogP contribution in [0.1, 0.15) is 31.4 Å². The van der Waals surface area contributed by atoms with Crippen LogP contribution < -0.4 is 15.0 Å². The smallest absolute Gasteiger partial charge is 0.227 e. The zero-order valence-corrected chi connectivity index (χ0v) is 15.9. The largest absolute Gasteiger partial charge is 0.494 e. The van der Waals surface area contributed by atoms with Crippen molar-refractivity contribution in [2.75, 3.05) is 18.1 Å². The molecule has 1 aliphatic rings. The Bertz CT molecular complexity index is 784. The highest BCUT2D eigenvalue weighted by atomic mass is 16.5. The number of rotatable bonds is 7. The molecule has 3 rings (SSSR count). The van der Waals surface area contributed by atoms with Gasteiger partial charge in [0.15, 0.2) is 0 Å². The van der Waals surface area contributed by atoms with Crippen molar-refractivity contribution in [1.29, 1.82) is 0 Å². The summed E-state index contributed by atoms with van der Waals surface area (Å²) in [5, 5.41) is 2.94. The van der Waals surface area contributed by atoms with Crippen molar-refractivity contribution >= 4 is 17.5 Å². The van der Waals surface area contributed by atoms with E-state index in [-0.39, 0.29) is 24.2 Å². The van der Waals surface area contributed by atoms with Crippen molar-refractivity contribution in [3.63, 3.8) is 0 Å². The second kappa shape index (κ2) is 8.71. The molecule has 1 N–H and O–H groups in total. The SMILES string of the molecule is CCOc1ccc(CNC(=O)[C@@H]2CC(=O)N(c3ccc(CC)cc3)C2)cc1. The van der Waals surface area contributed by atoms with Gasteiger partial charge in [0, 0.05) is 25.2 Å². The molecule has 2 aromatic rings. The van der Waals surface area contributed by atoms with Crippen LogP contribution in [0.25, 0.3) is 0 Å². The van der Waals surface area contributed by atoms with Crippen LogP contribution in [-0.2, 0) is 22.6 Å². The Morgan fingerprint density at radius 1 is 1.07 bits per heavy atom. The molecule has 1 fully saturated rings. The summed E-state index contributed by atoms with van der Waals surface area (Å²) < 4.78 is 5.42. The van der Waals surface area contributed by atoms with Crippen molar-refractivity contribution in [2.24, 2.45) is 5.92 Å². The quantitative estimate of drug-likeness (QED) is 0.818. The molecular formula is C22H26N2O3. The molecule has 0 radical (unpaired) electrons. The molecule has 0 bridgehead atoms. The lowest BCUT2D eigenvalue weighted by Gasteiger charge is -2.17. The number of amides is 2. The predicted octanol–water partition coefficient (Wildman–Crippen LogP) is 3.32. The van der Waals surface area contributed by atoms with E-state index in [9.17, 15) is 9.59 Å². The Kier molecular flexibility index (Phi) is 6.12. The highest BCUT2D eigenvalue weighted by Gasteiger charge is 2.34. The molecule has 5 heteroatoms. The fraction of sp³-hybridized carbons (Fsp3) is 0.364. The van der Waals surface area contributed by atoms with Crippen LogP contribution in [0.3, 0.4) is 0 Å². The molecule has 27 heavy (non-hydrogen) atoms. The first-order chi connectivity index (χ1) is 13.1. The highest BCUT2D eigenvalue weighted by Crippen LogP contribution is 2.25. The molecule has 1 saturated heterocycles. The van der Waals surface area contributed by atoms with Gasteiger partial charge in [-0.1, -0.05) is 31.2 Å². The Balaban J connectivity index is 1.55. The Labute approximate surface area is 160 Å². The van der Waals surface area contributed by atoms with Gasteiger partial charge in [-0.2, -0.15) is 0 Å². The van der Waals surface area contributed by atoms with Crippen LogP contribution in [0.2, 0.25) is 0 Å². The molecule has 0 aliphatic carbocycles. The number of hydrogen-bond acceptors (Lipinski definition) is 3. The van der Waals surface area contributed by atoms with Gasteiger partial charge in [0.05, 0.1) is 12.5 Å². The summed E-state index contributed by atoms with van der Waals surface area (Å²) in [7, 11) is 0. The number of carbonyl (C=O) groups excluding carboxylic acids is 2. The van der Waals surface area contributed by atoms with Crippen molar-refractivity contribution in [1.82, 2.24) is 5.32 Å². The zero-order valence-electron chi connectivity index (χ0n) is 15.9. The third kappa shape index (κ3) is 4.67. The van der Waals surface area contributed by atoms with Gasteiger partial charge < -0.3 is 15.0 Å². The van der Waals surface area contributed by atoms with Gasteiger partial charge >= 0.3 is 0 Å². The maximum absolute atomic E-state index is 12.5. The van der Waals surface area contributed by atoms with Crippen LogP contribution in [0.4, 0.5) is 5.69 Å². The van der Waals surface area contributed by atoms with E-state index in [1.807, 2.05) is 55.5 Å². The lowest BCUT2D eigenvalue weighted by Crippen LogP contribution is -2.32. The Hall–Kier alpha value is -2.82. The summed E-state index contributed by atoms with van der Waals surface area (Å²) in [6.07, 6.45) is 1.22. The molecular weight excluding hydrogens is 340 g/mol. The van der Waals surface area contributed by atoms with Gasteiger partial charge in [0.2, 0.25) is 11.8 Å². The fourth-order valence-corrected chi connectivity index (χ4v) is 3.25. The van der Waals surface area contributed by atoms with E-state index in [0.717, 1.165) is 23.4 Å². The number of hydrogen-bond donors (Lipinski definition) is 1. The van der Waals surface area contributed by atoms with Crippen LogP contribution >= 0.6 is 0 Å². The van der Waals surface area contributed by atoms with Crippen LogP contribution in [0.5, 0.6) is 5.75 Å². The van der Waals surface area contributed by atoms with Gasteiger partial charge in [-0.15, -0.1) is 0 Å². The molecule has 1 heterocycles.